The third-order valence-electron chi connectivity index (χ3n) is 2.33. The van der Waals surface area contributed by atoms with Gasteiger partial charge in [-0.3, -0.25) is 5.43 Å². The number of nitrogens with one attached hydrogen (secondary N) is 2. The Kier molecular flexibility index (Phi) is 4.56. The molecule has 0 amide bonds. The SMILES string of the molecule is CC(C)(C)CCNc1cc(C(F)(F)F)nc(NN)n1. The normalized spacial score (nSPS) is 12.4. The van der Waals surface area contributed by atoms with Gasteiger partial charge in [0.25, 0.3) is 0 Å². The molecule has 4 N–H and O–H groups in total. The van der Waals surface area contributed by atoms with Crippen molar-refractivity contribution in [1.29, 1.82) is 0 Å². The van der Waals surface area contributed by atoms with Crippen LogP contribution in [0.4, 0.5) is 24.9 Å². The van der Waals surface area contributed by atoms with Crippen molar-refractivity contribution in [3.8, 4) is 0 Å². The molecule has 1 aromatic heterocycles. The van der Waals surface area contributed by atoms with Crippen molar-refractivity contribution in [2.45, 2.75) is 33.4 Å². The standard InChI is InChI=1S/C11H18F3N5/c1-10(2,3)4-5-16-8-6-7(11(12,13)14)17-9(18-8)19-15/h6H,4-5,15H2,1-3H3,(H2,16,17,18,19). The van der Waals surface area contributed by atoms with Crippen LogP contribution in [0.15, 0.2) is 6.07 Å². The molecule has 19 heavy (non-hydrogen) atoms. The van der Waals surface area contributed by atoms with Gasteiger partial charge >= 0.3 is 6.18 Å². The first-order chi connectivity index (χ1) is 8.62. The molecule has 0 saturated carbocycles. The third kappa shape index (κ3) is 5.29. The van der Waals surface area contributed by atoms with Crippen LogP contribution in [-0.2, 0) is 6.18 Å². The lowest BCUT2D eigenvalue weighted by molar-refractivity contribution is -0.141. The van der Waals surface area contributed by atoms with Crippen LogP contribution in [0.25, 0.3) is 0 Å². The Hall–Kier alpha value is -1.57. The van der Waals surface area contributed by atoms with Gasteiger partial charge < -0.3 is 5.32 Å². The molecule has 0 unspecified atom stereocenters. The minimum atomic E-state index is -4.53. The van der Waals surface area contributed by atoms with E-state index in [0.717, 1.165) is 12.5 Å². The lowest BCUT2D eigenvalue weighted by Gasteiger charge is -2.18. The number of hydrogen-bond acceptors (Lipinski definition) is 5. The lowest BCUT2D eigenvalue weighted by atomic mass is 9.92. The highest BCUT2D eigenvalue weighted by Crippen LogP contribution is 2.29. The molecule has 0 aliphatic carbocycles. The molecular weight excluding hydrogens is 259 g/mol. The van der Waals surface area contributed by atoms with Gasteiger partial charge in [0.05, 0.1) is 0 Å². The molecule has 0 aromatic carbocycles. The van der Waals surface area contributed by atoms with Gasteiger partial charge in [-0.1, -0.05) is 20.8 Å². The highest BCUT2D eigenvalue weighted by molar-refractivity contribution is 5.42. The number of anilines is 2. The zero-order chi connectivity index (χ0) is 14.7. The van der Waals surface area contributed by atoms with Gasteiger partial charge in [-0.25, -0.2) is 10.8 Å². The van der Waals surface area contributed by atoms with Gasteiger partial charge in [0.1, 0.15) is 5.82 Å². The Labute approximate surface area is 109 Å². The van der Waals surface area contributed by atoms with Crippen molar-refractivity contribution in [2.24, 2.45) is 11.3 Å². The molecule has 108 valence electrons. The van der Waals surface area contributed by atoms with E-state index in [4.69, 9.17) is 5.84 Å². The number of nitrogens with zero attached hydrogens (tertiary/aromatic N) is 2. The number of nitrogens with two attached hydrogens (primary N) is 1. The van der Waals surface area contributed by atoms with Crippen molar-refractivity contribution < 1.29 is 13.2 Å². The number of alkyl halides is 3. The summed E-state index contributed by atoms with van der Waals surface area (Å²) >= 11 is 0. The van der Waals surface area contributed by atoms with E-state index in [2.05, 4.69) is 15.3 Å². The van der Waals surface area contributed by atoms with Crippen LogP contribution in [-0.4, -0.2) is 16.5 Å². The Balaban J connectivity index is 2.83. The summed E-state index contributed by atoms with van der Waals surface area (Å²) in [5.74, 6) is 4.89. The number of hydrogen-bond donors (Lipinski definition) is 3. The Morgan fingerprint density at radius 3 is 2.32 bits per heavy atom. The van der Waals surface area contributed by atoms with Crippen LogP contribution in [0.2, 0.25) is 0 Å². The summed E-state index contributed by atoms with van der Waals surface area (Å²) in [6.07, 6.45) is -3.74. The van der Waals surface area contributed by atoms with Gasteiger partial charge in [-0.15, -0.1) is 0 Å². The van der Waals surface area contributed by atoms with Crippen LogP contribution in [0.5, 0.6) is 0 Å². The van der Waals surface area contributed by atoms with Crippen LogP contribution in [0, 0.1) is 5.41 Å². The maximum Gasteiger partial charge on any atom is 0.433 e. The first-order valence-electron chi connectivity index (χ1n) is 5.78. The van der Waals surface area contributed by atoms with Gasteiger partial charge in [-0.05, 0) is 11.8 Å². The van der Waals surface area contributed by atoms with Crippen LogP contribution >= 0.6 is 0 Å². The van der Waals surface area contributed by atoms with E-state index in [1.807, 2.05) is 26.2 Å². The first kappa shape index (κ1) is 15.5. The number of nitrogen functional groups attached to an aromatic ring is 1. The van der Waals surface area contributed by atoms with Crippen LogP contribution in [0.3, 0.4) is 0 Å². The molecule has 0 aliphatic rings. The summed E-state index contributed by atoms with van der Waals surface area (Å²) in [5.41, 5.74) is 1.08. The molecule has 5 nitrogen and oxygen atoms in total. The van der Waals surface area contributed by atoms with Gasteiger partial charge in [0.15, 0.2) is 5.69 Å². The predicted molar refractivity (Wildman–Crippen MR) is 67.4 cm³/mol. The molecule has 0 radical (unpaired) electrons. The summed E-state index contributed by atoms with van der Waals surface area (Å²) in [6.45, 7) is 6.65. The van der Waals surface area contributed by atoms with Crippen LogP contribution < -0.4 is 16.6 Å². The molecule has 0 fully saturated rings. The van der Waals surface area contributed by atoms with Gasteiger partial charge in [-0.2, -0.15) is 18.2 Å². The molecule has 1 aromatic rings. The van der Waals surface area contributed by atoms with Crippen LogP contribution in [0.1, 0.15) is 32.9 Å². The Bertz CT molecular complexity index is 425. The minimum absolute atomic E-state index is 0.0852. The molecule has 0 spiro atoms. The second-order valence-corrected chi connectivity index (χ2v) is 5.34. The molecular formula is C11H18F3N5. The van der Waals surface area contributed by atoms with E-state index in [9.17, 15) is 13.2 Å². The smallest absolute Gasteiger partial charge is 0.370 e. The zero-order valence-electron chi connectivity index (χ0n) is 11.1. The average molecular weight is 277 g/mol. The fourth-order valence-electron chi connectivity index (χ4n) is 1.31. The summed E-state index contributed by atoms with van der Waals surface area (Å²) in [7, 11) is 0. The van der Waals surface area contributed by atoms with E-state index in [1.165, 1.54) is 0 Å². The zero-order valence-corrected chi connectivity index (χ0v) is 11.1. The summed E-state index contributed by atoms with van der Waals surface area (Å²) < 4.78 is 37.8. The number of hydrazine groups is 1. The number of halogens is 3. The molecule has 0 aliphatic heterocycles. The predicted octanol–water partition coefficient (Wildman–Crippen LogP) is 2.63. The largest absolute Gasteiger partial charge is 0.433 e. The van der Waals surface area contributed by atoms with Crippen molar-refractivity contribution in [3.05, 3.63) is 11.8 Å². The van der Waals surface area contributed by atoms with E-state index in [0.29, 0.717) is 6.54 Å². The molecule has 0 bridgehead atoms. The van der Waals surface area contributed by atoms with E-state index in [-0.39, 0.29) is 17.2 Å². The molecule has 8 heteroatoms. The second-order valence-electron chi connectivity index (χ2n) is 5.34. The molecule has 0 atom stereocenters. The Morgan fingerprint density at radius 2 is 1.84 bits per heavy atom. The lowest BCUT2D eigenvalue weighted by Crippen LogP contribution is -2.18. The summed E-state index contributed by atoms with van der Waals surface area (Å²) in [6, 6.07) is 0.865. The average Bonchev–Trinajstić information content (AvgIpc) is 2.25. The first-order valence-corrected chi connectivity index (χ1v) is 5.78. The van der Waals surface area contributed by atoms with E-state index in [1.54, 1.807) is 0 Å². The monoisotopic (exact) mass is 277 g/mol. The molecule has 0 saturated heterocycles. The Morgan fingerprint density at radius 1 is 1.21 bits per heavy atom. The third-order valence-corrected chi connectivity index (χ3v) is 2.33. The maximum atomic E-state index is 12.6. The fourth-order valence-corrected chi connectivity index (χ4v) is 1.31. The maximum absolute atomic E-state index is 12.6. The highest BCUT2D eigenvalue weighted by atomic mass is 19.4. The summed E-state index contributed by atoms with van der Waals surface area (Å²) in [5, 5.41) is 2.84. The number of aromatic nitrogens is 2. The van der Waals surface area contributed by atoms with E-state index < -0.39 is 11.9 Å². The minimum Gasteiger partial charge on any atom is -0.370 e. The second kappa shape index (κ2) is 5.60. The fraction of sp³-hybridized carbons (Fsp3) is 0.636. The van der Waals surface area contributed by atoms with Gasteiger partial charge in [0.2, 0.25) is 5.95 Å². The highest BCUT2D eigenvalue weighted by Gasteiger charge is 2.33. The summed E-state index contributed by atoms with van der Waals surface area (Å²) in [4.78, 5) is 7.09. The molecule has 1 rings (SSSR count). The molecule has 1 heterocycles. The van der Waals surface area contributed by atoms with Crippen molar-refractivity contribution in [2.75, 3.05) is 17.3 Å². The van der Waals surface area contributed by atoms with Crippen molar-refractivity contribution in [3.63, 3.8) is 0 Å². The topological polar surface area (TPSA) is 75.9 Å². The van der Waals surface area contributed by atoms with Crippen molar-refractivity contribution >= 4 is 11.8 Å². The van der Waals surface area contributed by atoms with Crippen molar-refractivity contribution in [1.82, 2.24) is 9.97 Å². The van der Waals surface area contributed by atoms with Gasteiger partial charge in [0, 0.05) is 12.6 Å². The van der Waals surface area contributed by atoms with E-state index >= 15 is 0 Å². The quantitative estimate of drug-likeness (QED) is 0.582. The number of rotatable bonds is 4.